The summed E-state index contributed by atoms with van der Waals surface area (Å²) in [6.07, 6.45) is -0.746. The Kier molecular flexibility index (Phi) is 5.78. The van der Waals surface area contributed by atoms with Gasteiger partial charge >= 0.3 is 5.97 Å². The Balaban J connectivity index is 1.66. The van der Waals surface area contributed by atoms with Crippen LogP contribution < -0.4 is 5.32 Å². The average Bonchev–Trinajstić information content (AvgIpc) is 2.64. The Labute approximate surface area is 165 Å². The summed E-state index contributed by atoms with van der Waals surface area (Å²) in [5.41, 5.74) is 4.77. The first kappa shape index (κ1) is 19.6. The highest BCUT2D eigenvalue weighted by Crippen LogP contribution is 2.23. The summed E-state index contributed by atoms with van der Waals surface area (Å²) in [5, 5.41) is 4.98. The number of carbonyl (C=O) groups excluding carboxylic acids is 2. The Bertz CT molecular complexity index is 1010. The third kappa shape index (κ3) is 4.39. The van der Waals surface area contributed by atoms with E-state index in [2.05, 4.69) is 5.32 Å². The number of aryl methyl sites for hydroxylation is 3. The van der Waals surface area contributed by atoms with Crippen molar-refractivity contribution in [2.45, 2.75) is 40.2 Å². The molecule has 0 bridgehead atoms. The molecule has 28 heavy (non-hydrogen) atoms. The van der Waals surface area contributed by atoms with Crippen LogP contribution >= 0.6 is 0 Å². The van der Waals surface area contributed by atoms with Crippen LogP contribution in [0.5, 0.6) is 0 Å². The normalized spacial score (nSPS) is 11.9. The van der Waals surface area contributed by atoms with Crippen LogP contribution in [-0.4, -0.2) is 18.0 Å². The molecule has 0 radical (unpaired) electrons. The van der Waals surface area contributed by atoms with Crippen molar-refractivity contribution in [3.05, 3.63) is 76.9 Å². The van der Waals surface area contributed by atoms with Crippen LogP contribution in [0.2, 0.25) is 0 Å². The molecule has 1 N–H and O–H groups in total. The van der Waals surface area contributed by atoms with Crippen LogP contribution in [0.25, 0.3) is 10.8 Å². The second-order valence-electron chi connectivity index (χ2n) is 7.21. The highest BCUT2D eigenvalue weighted by molar-refractivity contribution is 5.97. The molecule has 0 aromatic heterocycles. The SMILES string of the molecule is Cc1cc(C)c(NC(=O)[C@H](C)OC(=O)Cc2cccc3ccccc23)c(C)c1. The van der Waals surface area contributed by atoms with Gasteiger partial charge in [0.15, 0.2) is 6.10 Å². The molecule has 0 aliphatic rings. The second-order valence-corrected chi connectivity index (χ2v) is 7.21. The fraction of sp³-hybridized carbons (Fsp3) is 0.250. The molecule has 0 aliphatic carbocycles. The van der Waals surface area contributed by atoms with Gasteiger partial charge in [-0.3, -0.25) is 9.59 Å². The summed E-state index contributed by atoms with van der Waals surface area (Å²) in [6.45, 7) is 7.51. The van der Waals surface area contributed by atoms with Crippen molar-refractivity contribution in [3.8, 4) is 0 Å². The van der Waals surface area contributed by atoms with Crippen molar-refractivity contribution in [2.24, 2.45) is 0 Å². The van der Waals surface area contributed by atoms with E-state index in [1.807, 2.05) is 75.4 Å². The maximum absolute atomic E-state index is 12.5. The molecule has 0 saturated carbocycles. The molecule has 1 amide bonds. The quantitative estimate of drug-likeness (QED) is 0.647. The zero-order valence-electron chi connectivity index (χ0n) is 16.7. The zero-order chi connectivity index (χ0) is 20.3. The number of amides is 1. The molecule has 3 aromatic rings. The van der Waals surface area contributed by atoms with E-state index in [4.69, 9.17) is 4.74 Å². The van der Waals surface area contributed by atoms with Gasteiger partial charge in [0.25, 0.3) is 5.91 Å². The van der Waals surface area contributed by atoms with E-state index in [1.165, 1.54) is 0 Å². The predicted octanol–water partition coefficient (Wildman–Crippen LogP) is 4.88. The van der Waals surface area contributed by atoms with Crippen LogP contribution in [0, 0.1) is 20.8 Å². The van der Waals surface area contributed by atoms with Crippen LogP contribution in [0.4, 0.5) is 5.69 Å². The molecule has 0 saturated heterocycles. The van der Waals surface area contributed by atoms with Crippen molar-refractivity contribution in [1.29, 1.82) is 0 Å². The number of fused-ring (bicyclic) bond motifs is 1. The molecule has 4 heteroatoms. The first-order chi connectivity index (χ1) is 13.3. The van der Waals surface area contributed by atoms with E-state index >= 15 is 0 Å². The van der Waals surface area contributed by atoms with Crippen molar-refractivity contribution in [3.63, 3.8) is 0 Å². The van der Waals surface area contributed by atoms with Gasteiger partial charge in [0.05, 0.1) is 6.42 Å². The lowest BCUT2D eigenvalue weighted by atomic mass is 10.0. The molecule has 0 unspecified atom stereocenters. The number of anilines is 1. The predicted molar refractivity (Wildman–Crippen MR) is 112 cm³/mol. The molecule has 0 heterocycles. The molecule has 0 spiro atoms. The van der Waals surface area contributed by atoms with E-state index in [-0.39, 0.29) is 12.3 Å². The first-order valence-corrected chi connectivity index (χ1v) is 9.40. The van der Waals surface area contributed by atoms with E-state index in [0.29, 0.717) is 0 Å². The van der Waals surface area contributed by atoms with Gasteiger partial charge < -0.3 is 10.1 Å². The molecule has 1 atom stereocenters. The monoisotopic (exact) mass is 375 g/mol. The number of hydrogen-bond acceptors (Lipinski definition) is 3. The summed E-state index contributed by atoms with van der Waals surface area (Å²) in [5.74, 6) is -0.752. The third-order valence-electron chi connectivity index (χ3n) is 4.82. The van der Waals surface area contributed by atoms with Crippen LogP contribution in [0.3, 0.4) is 0 Å². The zero-order valence-corrected chi connectivity index (χ0v) is 16.7. The highest BCUT2D eigenvalue weighted by atomic mass is 16.5. The lowest BCUT2D eigenvalue weighted by Gasteiger charge is -2.17. The van der Waals surface area contributed by atoms with Crippen molar-refractivity contribution in [1.82, 2.24) is 0 Å². The molecular formula is C24H25NO3. The number of ether oxygens (including phenoxy) is 1. The maximum Gasteiger partial charge on any atom is 0.311 e. The largest absolute Gasteiger partial charge is 0.452 e. The lowest BCUT2D eigenvalue weighted by Crippen LogP contribution is -2.31. The van der Waals surface area contributed by atoms with Crippen LogP contribution in [0.15, 0.2) is 54.6 Å². The lowest BCUT2D eigenvalue weighted by molar-refractivity contribution is -0.152. The Morgan fingerprint density at radius 1 is 0.964 bits per heavy atom. The van der Waals surface area contributed by atoms with Crippen molar-refractivity contribution < 1.29 is 14.3 Å². The van der Waals surface area contributed by atoms with Gasteiger partial charge in [-0.2, -0.15) is 0 Å². The molecule has 144 valence electrons. The topological polar surface area (TPSA) is 55.4 Å². The summed E-state index contributed by atoms with van der Waals surface area (Å²) in [6, 6.07) is 17.8. The van der Waals surface area contributed by atoms with Gasteiger partial charge in [-0.05, 0) is 55.2 Å². The number of esters is 1. The first-order valence-electron chi connectivity index (χ1n) is 9.40. The van der Waals surface area contributed by atoms with Crippen LogP contribution in [-0.2, 0) is 20.7 Å². The molecule has 0 aliphatic heterocycles. The van der Waals surface area contributed by atoms with Crippen LogP contribution in [0.1, 0.15) is 29.2 Å². The van der Waals surface area contributed by atoms with E-state index in [1.54, 1.807) is 6.92 Å². The van der Waals surface area contributed by atoms with Gasteiger partial charge in [-0.15, -0.1) is 0 Å². The van der Waals surface area contributed by atoms with Crippen molar-refractivity contribution in [2.75, 3.05) is 5.32 Å². The third-order valence-corrected chi connectivity index (χ3v) is 4.82. The number of hydrogen-bond donors (Lipinski definition) is 1. The van der Waals surface area contributed by atoms with Gasteiger partial charge in [-0.1, -0.05) is 60.2 Å². The minimum Gasteiger partial charge on any atom is -0.452 e. The summed E-state index contributed by atoms with van der Waals surface area (Å²) in [4.78, 5) is 24.9. The number of rotatable bonds is 5. The summed E-state index contributed by atoms with van der Waals surface area (Å²) in [7, 11) is 0. The molecule has 3 rings (SSSR count). The second kappa shape index (κ2) is 8.26. The average molecular weight is 375 g/mol. The summed E-state index contributed by atoms with van der Waals surface area (Å²) >= 11 is 0. The smallest absolute Gasteiger partial charge is 0.311 e. The number of benzene rings is 3. The maximum atomic E-state index is 12.5. The van der Waals surface area contributed by atoms with Gasteiger partial charge in [0, 0.05) is 5.69 Å². The molecule has 4 nitrogen and oxygen atoms in total. The van der Waals surface area contributed by atoms with Gasteiger partial charge in [-0.25, -0.2) is 0 Å². The Hall–Kier alpha value is -3.14. The van der Waals surface area contributed by atoms with Gasteiger partial charge in [0.2, 0.25) is 0 Å². The van der Waals surface area contributed by atoms with E-state index < -0.39 is 12.1 Å². The molecule has 0 fully saturated rings. The minimum absolute atomic E-state index is 0.127. The minimum atomic E-state index is -0.873. The van der Waals surface area contributed by atoms with Crippen molar-refractivity contribution >= 4 is 28.3 Å². The Morgan fingerprint density at radius 2 is 1.61 bits per heavy atom. The standard InChI is InChI=1S/C24H25NO3/c1-15-12-16(2)23(17(3)13-15)25-24(27)18(4)28-22(26)14-20-10-7-9-19-8-5-6-11-21(19)20/h5-13,18H,14H2,1-4H3,(H,25,27)/t18-/m0/s1. The Morgan fingerprint density at radius 3 is 2.32 bits per heavy atom. The van der Waals surface area contributed by atoms with Gasteiger partial charge in [0.1, 0.15) is 0 Å². The molecule has 3 aromatic carbocycles. The van der Waals surface area contributed by atoms with E-state index in [9.17, 15) is 9.59 Å². The molecular weight excluding hydrogens is 350 g/mol. The highest BCUT2D eigenvalue weighted by Gasteiger charge is 2.20. The van der Waals surface area contributed by atoms with E-state index in [0.717, 1.165) is 38.7 Å². The fourth-order valence-electron chi connectivity index (χ4n) is 3.50. The fourth-order valence-corrected chi connectivity index (χ4v) is 3.50. The number of nitrogens with one attached hydrogen (secondary N) is 1. The number of carbonyl (C=O) groups is 2. The summed E-state index contributed by atoms with van der Waals surface area (Å²) < 4.78 is 5.39.